The first-order valence-electron chi connectivity index (χ1n) is 26.9. The van der Waals surface area contributed by atoms with Crippen molar-refractivity contribution in [1.82, 2.24) is 53.2 Å². The zero-order valence-corrected chi connectivity index (χ0v) is 47.8. The molecule has 0 heterocycles. The molecule has 9 atom stereocenters. The minimum atomic E-state index is -1.80. The molecule has 0 aliphatic heterocycles. The Bertz CT molecular complexity index is 2960. The number of thiol groups is 1. The number of nitrogens with two attached hydrogens (primary N) is 1. The quantitative estimate of drug-likeness (QED) is 0.0245. The van der Waals surface area contributed by atoms with Crippen molar-refractivity contribution < 1.29 is 103 Å². The number of nitrogens with one attached hydrogen (secondary N) is 10. The number of amides is 10. The number of rotatable bonds is 39. The summed E-state index contributed by atoms with van der Waals surface area (Å²) in [5.41, 5.74) is 7.56. The van der Waals surface area contributed by atoms with Crippen molar-refractivity contribution in [3.8, 4) is 0 Å². The van der Waals surface area contributed by atoms with Crippen LogP contribution in [0.2, 0.25) is 0 Å². The molecule has 476 valence electrons. The predicted octanol–water partition coefficient (Wildman–Crippen LogP) is -3.61. The maximum absolute atomic E-state index is 14.1. The van der Waals surface area contributed by atoms with Gasteiger partial charge in [-0.2, -0.15) is 12.6 Å². The summed E-state index contributed by atoms with van der Waals surface area (Å²) >= 11 is 3.84. The number of carbonyl (C=O) groups is 15. The Labute approximate surface area is 506 Å². The van der Waals surface area contributed by atoms with E-state index >= 15 is 0 Å². The lowest BCUT2D eigenvalue weighted by molar-refractivity contribution is -0.143. The smallest absolute Gasteiger partial charge is 0.327 e. The average Bonchev–Trinajstić information content (AvgIpc) is 3.69. The van der Waals surface area contributed by atoms with E-state index in [-0.39, 0.29) is 25.0 Å². The van der Waals surface area contributed by atoms with E-state index < -0.39 is 202 Å². The lowest BCUT2D eigenvalue weighted by Crippen LogP contribution is -2.59. The second-order valence-electron chi connectivity index (χ2n) is 19.5. The van der Waals surface area contributed by atoms with E-state index in [0.717, 1.165) is 0 Å². The van der Waals surface area contributed by atoms with Crippen LogP contribution in [-0.2, 0) is 86.4 Å². The molecule has 0 fully saturated rings. The maximum Gasteiger partial charge on any atom is 0.327 e. The maximum atomic E-state index is 14.1. The highest BCUT2D eigenvalue weighted by molar-refractivity contribution is 7.80. The topological polar surface area (TPSA) is 524 Å². The van der Waals surface area contributed by atoms with Gasteiger partial charge in [0.25, 0.3) is 0 Å². The molecule has 1 unspecified atom stereocenters. The SMILES string of the molecule is N[C@@H](CNC(=O)C(Cc1ccccc1)NC(=O)[C@H](Cc1ccccc1)NC(=O)CNC(=O)CC[C@@H](NC(=O)[C@H](Cc1ccccc1)NC(=O)CC[C@H](NC(=O)N[C@@H](CCC(=O)O)C(=O)O)C(=O)O)C(=O)O)C(=O)N[C@@H](CC(=O)O)C(=O)N[C@@H](CS)C(=O)O. The first-order valence-corrected chi connectivity index (χ1v) is 27.5. The normalized spacial score (nSPS) is 13.8. The largest absolute Gasteiger partial charge is 0.481 e. The third-order valence-electron chi connectivity index (χ3n) is 12.7. The Hall–Kier alpha value is -10.2. The van der Waals surface area contributed by atoms with E-state index in [2.05, 4.69) is 55.2 Å². The summed E-state index contributed by atoms with van der Waals surface area (Å²) in [5, 5.41) is 79.2. The van der Waals surface area contributed by atoms with E-state index in [9.17, 15) is 97.5 Å². The van der Waals surface area contributed by atoms with Crippen LogP contribution in [0.3, 0.4) is 0 Å². The third kappa shape index (κ3) is 27.2. The van der Waals surface area contributed by atoms with Crippen LogP contribution >= 0.6 is 12.6 Å². The molecule has 33 heteroatoms. The summed E-state index contributed by atoms with van der Waals surface area (Å²) in [6, 6.07) is 8.70. The monoisotopic (exact) mass is 1250 g/mol. The lowest BCUT2D eigenvalue weighted by Gasteiger charge is -2.24. The predicted molar refractivity (Wildman–Crippen MR) is 307 cm³/mol. The number of benzene rings is 3. The molecule has 10 amide bonds. The summed E-state index contributed by atoms with van der Waals surface area (Å²) in [6.45, 7) is -1.41. The van der Waals surface area contributed by atoms with Gasteiger partial charge in [-0.15, -0.1) is 0 Å². The zero-order chi connectivity index (χ0) is 65.5. The summed E-state index contributed by atoms with van der Waals surface area (Å²) in [4.78, 5) is 189. The molecular weight excluding hydrogens is 1180 g/mol. The van der Waals surface area contributed by atoms with E-state index in [0.29, 0.717) is 16.7 Å². The molecule has 0 aromatic heterocycles. The highest BCUT2D eigenvalue weighted by Gasteiger charge is 2.33. The van der Waals surface area contributed by atoms with Gasteiger partial charge in [0, 0.05) is 50.8 Å². The van der Waals surface area contributed by atoms with E-state index in [1.807, 2.05) is 10.6 Å². The van der Waals surface area contributed by atoms with Crippen LogP contribution in [0, 0.1) is 0 Å². The fourth-order valence-corrected chi connectivity index (χ4v) is 8.24. The number of carbonyl (C=O) groups excluding carboxylic acids is 9. The number of carboxylic acid groups (broad SMARTS) is 6. The molecule has 18 N–H and O–H groups in total. The van der Waals surface area contributed by atoms with E-state index in [1.165, 1.54) is 0 Å². The Morgan fingerprint density at radius 2 is 0.739 bits per heavy atom. The molecule has 3 rings (SSSR count). The van der Waals surface area contributed by atoms with Crippen molar-refractivity contribution in [2.45, 2.75) is 119 Å². The second-order valence-corrected chi connectivity index (χ2v) is 19.9. The van der Waals surface area contributed by atoms with Crippen molar-refractivity contribution in [2.75, 3.05) is 18.8 Å². The second kappa shape index (κ2) is 37.3. The van der Waals surface area contributed by atoms with Crippen molar-refractivity contribution in [2.24, 2.45) is 5.73 Å². The zero-order valence-electron chi connectivity index (χ0n) is 46.9. The molecule has 0 saturated carbocycles. The molecule has 0 bridgehead atoms. The van der Waals surface area contributed by atoms with Crippen molar-refractivity contribution in [1.29, 1.82) is 0 Å². The van der Waals surface area contributed by atoms with Crippen molar-refractivity contribution >= 4 is 102 Å². The van der Waals surface area contributed by atoms with Crippen LogP contribution in [0.1, 0.15) is 61.6 Å². The fraction of sp³-hybridized carbons (Fsp3) is 0.400. The van der Waals surface area contributed by atoms with Crippen LogP contribution in [0.5, 0.6) is 0 Å². The molecule has 0 saturated heterocycles. The van der Waals surface area contributed by atoms with Gasteiger partial charge >= 0.3 is 41.8 Å². The average molecular weight is 1250 g/mol. The number of hydrogen-bond acceptors (Lipinski definition) is 17. The van der Waals surface area contributed by atoms with Gasteiger partial charge in [-0.1, -0.05) is 91.0 Å². The molecule has 32 nitrogen and oxygen atoms in total. The van der Waals surface area contributed by atoms with E-state index in [1.54, 1.807) is 91.0 Å². The van der Waals surface area contributed by atoms with Gasteiger partial charge < -0.3 is 89.5 Å². The Morgan fingerprint density at radius 1 is 0.375 bits per heavy atom. The van der Waals surface area contributed by atoms with Crippen molar-refractivity contribution in [3.63, 3.8) is 0 Å². The minimum absolute atomic E-state index is 0.157. The summed E-state index contributed by atoms with van der Waals surface area (Å²) < 4.78 is 0. The molecule has 0 radical (unpaired) electrons. The van der Waals surface area contributed by atoms with E-state index in [4.69, 9.17) is 10.8 Å². The first kappa shape index (κ1) is 72.1. The molecule has 0 aliphatic carbocycles. The van der Waals surface area contributed by atoms with Crippen LogP contribution in [0.15, 0.2) is 91.0 Å². The lowest BCUT2D eigenvalue weighted by atomic mass is 10.0. The Morgan fingerprint density at radius 3 is 1.16 bits per heavy atom. The minimum Gasteiger partial charge on any atom is -0.481 e. The fourth-order valence-electron chi connectivity index (χ4n) is 8.00. The van der Waals surface area contributed by atoms with Crippen LogP contribution in [-0.4, -0.2) is 193 Å². The number of hydrogen-bond donors (Lipinski definition) is 18. The standard InChI is InChI=1S/C55H69N11O21S/c56-32(46(74)62-39(25-45(72)73)50(78)64-40(28-88)54(85)86)26-58-47(75)36(22-29-10-4-1-5-11-29)63-49(77)38(24-31-14-8-3-9-15-31)60-43(69)27-57-41(67)19-16-33(51(79)80)61-48(76)37(23-30-12-6-2-7-13-30)59-42(68)20-17-34(52(81)82)65-55(87)66-35(53(83)84)18-21-44(70)71/h1-15,32-40,88H,16-28,56H2,(H,57,67)(H,58,75)(H,59,68)(H,60,69)(H,61,76)(H,62,74)(H,63,77)(H,64,78)(H,70,71)(H,72,73)(H,79,80)(H,81,82)(H,83,84)(H,85,86)(H2,65,66,87)/t32-,33+,34-,35-,36?,37-,38-,39-,40-/m0/s1. The van der Waals surface area contributed by atoms with Gasteiger partial charge in [0.1, 0.15) is 54.4 Å². The van der Waals surface area contributed by atoms with Gasteiger partial charge in [-0.25, -0.2) is 24.0 Å². The highest BCUT2D eigenvalue weighted by atomic mass is 32.1. The van der Waals surface area contributed by atoms with Crippen LogP contribution in [0.25, 0.3) is 0 Å². The number of carboxylic acids is 6. The Kier molecular flexibility index (Phi) is 30.5. The van der Waals surface area contributed by atoms with Crippen molar-refractivity contribution in [3.05, 3.63) is 108 Å². The molecule has 3 aromatic rings. The molecule has 0 aliphatic rings. The van der Waals surface area contributed by atoms with Gasteiger partial charge in [0.05, 0.1) is 13.0 Å². The summed E-state index contributed by atoms with van der Waals surface area (Å²) in [5.74, 6) is -17.5. The van der Waals surface area contributed by atoms with Crippen LogP contribution in [0.4, 0.5) is 4.79 Å². The molecule has 3 aromatic carbocycles. The highest BCUT2D eigenvalue weighted by Crippen LogP contribution is 2.11. The first-order chi connectivity index (χ1) is 41.6. The molecule has 0 spiro atoms. The Balaban J connectivity index is 1.69. The van der Waals surface area contributed by atoms with Gasteiger partial charge in [0.2, 0.25) is 47.3 Å². The summed E-state index contributed by atoms with van der Waals surface area (Å²) in [6.07, 6.45) is -5.13. The van der Waals surface area contributed by atoms with Gasteiger partial charge in [-0.05, 0) is 36.0 Å². The third-order valence-corrected chi connectivity index (χ3v) is 13.0. The van der Waals surface area contributed by atoms with Crippen LogP contribution < -0.4 is 58.9 Å². The molecular formula is C55H69N11O21S. The molecule has 88 heavy (non-hydrogen) atoms. The van der Waals surface area contributed by atoms with Gasteiger partial charge in [0.15, 0.2) is 0 Å². The summed E-state index contributed by atoms with van der Waals surface area (Å²) in [7, 11) is 0. The van der Waals surface area contributed by atoms with Gasteiger partial charge in [-0.3, -0.25) is 47.9 Å². The number of urea groups is 1. The number of aliphatic carboxylic acids is 6.